The summed E-state index contributed by atoms with van der Waals surface area (Å²) in [6.45, 7) is 3.06. The van der Waals surface area contributed by atoms with Crippen LogP contribution in [0.3, 0.4) is 0 Å². The first-order chi connectivity index (χ1) is 31.4. The van der Waals surface area contributed by atoms with E-state index in [0.717, 1.165) is 23.8 Å². The molecule has 7 rings (SSSR count). The van der Waals surface area contributed by atoms with Crippen LogP contribution in [0.1, 0.15) is 12.5 Å². The van der Waals surface area contributed by atoms with Crippen molar-refractivity contribution in [2.45, 2.75) is 28.5 Å². The van der Waals surface area contributed by atoms with Crippen molar-refractivity contribution in [3.63, 3.8) is 0 Å². The maximum atomic E-state index is 12.7. The third kappa shape index (κ3) is 11.7. The molecule has 0 radical (unpaired) electrons. The lowest BCUT2D eigenvalue weighted by atomic mass is 10.1. The van der Waals surface area contributed by atoms with Crippen molar-refractivity contribution in [3.05, 3.63) is 103 Å². The number of methoxy groups -OCH3 is 1. The molecule has 7 N–H and O–H groups in total. The highest BCUT2D eigenvalue weighted by molar-refractivity contribution is 7.86. The number of nitrogen functional groups attached to an aromatic ring is 1. The molecule has 0 atom stereocenters. The Labute approximate surface area is 380 Å². The van der Waals surface area contributed by atoms with E-state index in [0.29, 0.717) is 0 Å². The van der Waals surface area contributed by atoms with Crippen LogP contribution in [0.2, 0.25) is 0 Å². The van der Waals surface area contributed by atoms with Crippen molar-refractivity contribution in [3.8, 4) is 11.7 Å². The molecule has 0 saturated heterocycles. The summed E-state index contributed by atoms with van der Waals surface area (Å²) in [5.41, 5.74) is 6.41. The molecule has 0 aliphatic heterocycles. The molecular weight excluding hydrogens is 963 g/mol. The van der Waals surface area contributed by atoms with Gasteiger partial charge in [0.1, 0.15) is 37.5 Å². The summed E-state index contributed by atoms with van der Waals surface area (Å²) in [7, 11) is -16.4. The van der Waals surface area contributed by atoms with Crippen molar-refractivity contribution >= 4 is 114 Å². The molecule has 7 aromatic rings. The van der Waals surface area contributed by atoms with Gasteiger partial charge in [0.05, 0.1) is 36.6 Å². The third-order valence-corrected chi connectivity index (χ3v) is 11.6. The van der Waals surface area contributed by atoms with Crippen molar-refractivity contribution in [1.29, 1.82) is 0 Å². The number of hydrogen-bond donors (Lipinski definition) is 6. The SMILES string of the molecule is COc1cc(N=Nc2cc3c(S(=O)(=O)O)cccc3cc2S(=O)(=O)O)c(NC(C)=O)cc1N=Nc1ccc(Nc2nc(N)nc(-[n+]3cccc(C)c3)n2)c2c(S(=O)(=O)O)cccc12.O=S(=O)=O. The molecule has 2 heterocycles. The molecule has 2 aromatic heterocycles. The van der Waals surface area contributed by atoms with Crippen LogP contribution in [0.15, 0.2) is 132 Å². The lowest BCUT2D eigenvalue weighted by Gasteiger charge is -2.13. The Morgan fingerprint density at radius 2 is 1.33 bits per heavy atom. The molecule has 0 aliphatic rings. The number of pyridine rings is 1. The van der Waals surface area contributed by atoms with Crippen LogP contribution in [0, 0.1) is 6.92 Å². The van der Waals surface area contributed by atoms with Crippen LogP contribution < -0.4 is 25.7 Å². The molecule has 0 bridgehead atoms. The number of hydrogen-bond acceptors (Lipinski definition) is 20. The summed E-state index contributed by atoms with van der Waals surface area (Å²) in [6.07, 6.45) is 3.46. The largest absolute Gasteiger partial charge is 0.494 e. The molecule has 5 aromatic carbocycles. The number of nitrogens with one attached hydrogen (secondary N) is 2. The molecule has 25 nitrogen and oxygen atoms in total. The van der Waals surface area contributed by atoms with Gasteiger partial charge in [-0.25, -0.2) is 4.57 Å². The zero-order valence-corrected chi connectivity index (χ0v) is 37.6. The minimum Gasteiger partial charge on any atom is -0.494 e. The summed E-state index contributed by atoms with van der Waals surface area (Å²) < 4.78 is 137. The van der Waals surface area contributed by atoms with E-state index in [1.165, 1.54) is 68.6 Å². The zero-order chi connectivity index (χ0) is 49.0. The molecule has 0 fully saturated rings. The number of benzene rings is 5. The molecular formula is C38H32N11O14S4+. The Bertz CT molecular complexity index is 3690. The summed E-state index contributed by atoms with van der Waals surface area (Å²) in [5, 5.41) is 22.3. The number of rotatable bonds is 12. The topological polar surface area (TPSA) is 383 Å². The molecule has 29 heteroatoms. The van der Waals surface area contributed by atoms with Gasteiger partial charge in [0.15, 0.2) is 0 Å². The Morgan fingerprint density at radius 1 is 0.701 bits per heavy atom. The standard InChI is InChI=1S/C38H31N11O11S3.O3S/c1-20-7-6-14-49(19-20)38-43-36(39)42-37(44-38)41-26-13-12-25(23-9-5-11-33(35(23)26)62(54,55)56)45-47-29-17-27(40-21(2)50)28(18-31(29)60-3)46-48-30-16-24-22(15-34(30)63(57,58)59)8-4-10-32(24)61(51,52)53;1-4(2)3/h4-19H,1-3H3,(H6-,39,40,41,42,43,44,47,48,50,51,52,53,54,55,56,57,58,59);/p+1. The van der Waals surface area contributed by atoms with Gasteiger partial charge in [0.25, 0.3) is 30.4 Å². The molecule has 1 amide bonds. The van der Waals surface area contributed by atoms with Crippen molar-refractivity contribution in [1.82, 2.24) is 15.0 Å². The van der Waals surface area contributed by atoms with Gasteiger partial charge in [-0.05, 0) is 76.4 Å². The Hall–Kier alpha value is -7.80. The van der Waals surface area contributed by atoms with Gasteiger partial charge >= 0.3 is 28.5 Å². The van der Waals surface area contributed by atoms with E-state index in [-0.39, 0.29) is 73.6 Å². The third-order valence-electron chi connectivity index (χ3n) is 8.94. The van der Waals surface area contributed by atoms with Crippen LogP contribution in [-0.2, 0) is 45.8 Å². The highest BCUT2D eigenvalue weighted by atomic mass is 32.2. The average molecular weight is 995 g/mol. The molecule has 67 heavy (non-hydrogen) atoms. The fraction of sp³-hybridized carbons (Fsp3) is 0.0789. The number of amides is 1. The molecule has 0 aliphatic carbocycles. The summed E-state index contributed by atoms with van der Waals surface area (Å²) in [6, 6.07) is 18.8. The number of ether oxygens (including phenoxy) is 1. The molecule has 0 saturated carbocycles. The first-order valence-corrected chi connectivity index (χ1v) is 23.7. The van der Waals surface area contributed by atoms with Crippen LogP contribution in [-0.4, -0.2) is 79.5 Å². The van der Waals surface area contributed by atoms with Gasteiger partial charge in [-0.2, -0.15) is 25.3 Å². The molecule has 0 unspecified atom stereocenters. The van der Waals surface area contributed by atoms with E-state index < -0.39 is 67.2 Å². The first kappa shape index (κ1) is 48.7. The number of azo groups is 2. The van der Waals surface area contributed by atoms with Gasteiger partial charge in [-0.15, -0.1) is 38.1 Å². The number of nitrogens with two attached hydrogens (primary N) is 1. The second-order valence-electron chi connectivity index (χ2n) is 13.6. The van der Waals surface area contributed by atoms with Crippen LogP contribution in [0.5, 0.6) is 5.75 Å². The predicted molar refractivity (Wildman–Crippen MR) is 236 cm³/mol. The number of carbonyl (C=O) groups excluding carboxylic acids is 1. The predicted octanol–water partition coefficient (Wildman–Crippen LogP) is 5.62. The average Bonchev–Trinajstić information content (AvgIpc) is 3.23. The zero-order valence-electron chi connectivity index (χ0n) is 34.4. The smallest absolute Gasteiger partial charge is 0.444 e. The van der Waals surface area contributed by atoms with E-state index in [9.17, 15) is 43.7 Å². The van der Waals surface area contributed by atoms with Crippen LogP contribution in [0.4, 0.5) is 46.0 Å². The van der Waals surface area contributed by atoms with Crippen molar-refractivity contribution < 1.29 is 65.6 Å². The number of nitrogens with zero attached hydrogens (tertiary/aromatic N) is 8. The normalized spacial score (nSPS) is 12.0. The summed E-state index contributed by atoms with van der Waals surface area (Å²) >= 11 is 0. The Balaban J connectivity index is 0.00000178. The van der Waals surface area contributed by atoms with E-state index >= 15 is 0 Å². The number of anilines is 4. The van der Waals surface area contributed by atoms with E-state index in [1.807, 2.05) is 13.0 Å². The van der Waals surface area contributed by atoms with Gasteiger partial charge < -0.3 is 21.1 Å². The molecule has 0 spiro atoms. The second kappa shape index (κ2) is 19.4. The maximum absolute atomic E-state index is 12.7. The highest BCUT2D eigenvalue weighted by Crippen LogP contribution is 2.43. The number of carbonyl (C=O) groups is 1. The van der Waals surface area contributed by atoms with Gasteiger partial charge in [-0.1, -0.05) is 30.3 Å². The fourth-order valence-electron chi connectivity index (χ4n) is 6.32. The maximum Gasteiger partial charge on any atom is 0.444 e. The van der Waals surface area contributed by atoms with E-state index in [4.69, 9.17) is 23.1 Å². The Morgan fingerprint density at radius 3 is 1.97 bits per heavy atom. The number of fused-ring (bicyclic) bond motifs is 2. The quantitative estimate of drug-likeness (QED) is 0.0491. The van der Waals surface area contributed by atoms with Gasteiger partial charge in [-0.3, -0.25) is 18.5 Å². The van der Waals surface area contributed by atoms with Crippen molar-refractivity contribution in [2.24, 2.45) is 20.5 Å². The van der Waals surface area contributed by atoms with Gasteiger partial charge in [0.2, 0.25) is 5.91 Å². The minimum absolute atomic E-state index is 0.00884. The number of aryl methyl sites for hydroxylation is 1. The van der Waals surface area contributed by atoms with Crippen LogP contribution in [0.25, 0.3) is 27.5 Å². The van der Waals surface area contributed by atoms with Crippen LogP contribution >= 0.6 is 0 Å². The van der Waals surface area contributed by atoms with Gasteiger partial charge in [0, 0.05) is 29.1 Å². The van der Waals surface area contributed by atoms with E-state index in [2.05, 4.69) is 46.0 Å². The lowest BCUT2D eigenvalue weighted by Crippen LogP contribution is -2.33. The minimum atomic E-state index is -4.97. The number of aromatic nitrogens is 4. The lowest BCUT2D eigenvalue weighted by molar-refractivity contribution is -0.603. The highest BCUT2D eigenvalue weighted by Gasteiger charge is 2.24. The van der Waals surface area contributed by atoms with E-state index in [1.54, 1.807) is 23.0 Å². The Kier molecular flexibility index (Phi) is 14.1. The second-order valence-corrected chi connectivity index (χ2v) is 18.2. The summed E-state index contributed by atoms with van der Waals surface area (Å²) in [4.78, 5) is 23.3. The summed E-state index contributed by atoms with van der Waals surface area (Å²) in [5.74, 6) is -0.646. The molecule has 346 valence electrons. The fourth-order valence-corrected chi connectivity index (χ4v) is 8.39. The van der Waals surface area contributed by atoms with Crippen molar-refractivity contribution in [2.75, 3.05) is 23.5 Å². The first-order valence-electron chi connectivity index (χ1n) is 18.3. The monoisotopic (exact) mass is 994 g/mol.